The number of alkyl halides is 3. The number of hydroxylamine groups is 1. The van der Waals surface area contributed by atoms with Gasteiger partial charge in [0.15, 0.2) is 6.10 Å². The summed E-state index contributed by atoms with van der Waals surface area (Å²) in [4.78, 5) is 33.4. The third-order valence-electron chi connectivity index (χ3n) is 5.79. The van der Waals surface area contributed by atoms with E-state index in [1.165, 1.54) is 29.3 Å². The molecule has 5 nitrogen and oxygen atoms in total. The summed E-state index contributed by atoms with van der Waals surface area (Å²) < 4.78 is 52.5. The normalized spacial score (nSPS) is 22.7. The third-order valence-corrected chi connectivity index (χ3v) is 5.79. The maximum absolute atomic E-state index is 13.4. The Morgan fingerprint density at radius 2 is 1.39 bits per heavy atom. The van der Waals surface area contributed by atoms with Crippen LogP contribution >= 0.6 is 0 Å². The van der Waals surface area contributed by atoms with Gasteiger partial charge >= 0.3 is 6.18 Å². The van der Waals surface area contributed by atoms with Crippen LogP contribution in [-0.2, 0) is 20.6 Å². The summed E-state index contributed by atoms with van der Waals surface area (Å²) in [5.41, 5.74) is 0.309. The minimum Gasteiger partial charge on any atom is -0.273 e. The van der Waals surface area contributed by atoms with E-state index < -0.39 is 47.4 Å². The molecule has 3 aromatic rings. The molecule has 0 radical (unpaired) electrons. The number of fused-ring (bicyclic) bond motifs is 1. The minimum atomic E-state index is -4.51. The maximum Gasteiger partial charge on any atom is 0.416 e. The molecule has 0 aromatic heterocycles. The summed E-state index contributed by atoms with van der Waals surface area (Å²) in [5, 5.41) is 1.40. The molecule has 2 aliphatic rings. The lowest BCUT2D eigenvalue weighted by Crippen LogP contribution is -2.37. The first kappa shape index (κ1) is 21.1. The maximum atomic E-state index is 13.4. The molecule has 9 heteroatoms. The van der Waals surface area contributed by atoms with Gasteiger partial charge in [-0.1, -0.05) is 30.3 Å². The lowest BCUT2D eigenvalue weighted by atomic mass is 9.90. The predicted octanol–water partition coefficient (Wildman–Crippen LogP) is 4.90. The molecule has 0 saturated carbocycles. The molecule has 168 valence electrons. The van der Waals surface area contributed by atoms with Gasteiger partial charge in [-0.15, -0.1) is 0 Å². The van der Waals surface area contributed by atoms with Gasteiger partial charge in [0, 0.05) is 0 Å². The number of hydrogen-bond donors (Lipinski definition) is 0. The van der Waals surface area contributed by atoms with Crippen molar-refractivity contribution in [2.24, 2.45) is 5.92 Å². The number of amides is 2. The summed E-state index contributed by atoms with van der Waals surface area (Å²) in [6, 6.07) is 17.2. The first-order valence-corrected chi connectivity index (χ1v) is 10.1. The molecule has 2 heterocycles. The molecular formula is C24H16F4N2O3. The van der Waals surface area contributed by atoms with E-state index in [0.717, 1.165) is 29.2 Å². The van der Waals surface area contributed by atoms with Crippen molar-refractivity contribution in [3.63, 3.8) is 0 Å². The summed E-state index contributed by atoms with van der Waals surface area (Å²) in [6.45, 7) is 0. The fraction of sp³-hybridized carbons (Fsp3) is 0.167. The number of nitrogens with zero attached hydrogens (tertiary/aromatic N) is 2. The third kappa shape index (κ3) is 3.54. The number of benzene rings is 3. The fourth-order valence-electron chi connectivity index (χ4n) is 4.27. The molecule has 2 aliphatic heterocycles. The van der Waals surface area contributed by atoms with E-state index in [1.54, 1.807) is 30.3 Å². The zero-order chi connectivity index (χ0) is 23.3. The van der Waals surface area contributed by atoms with Crippen LogP contribution in [0.5, 0.6) is 0 Å². The van der Waals surface area contributed by atoms with E-state index in [1.807, 2.05) is 0 Å². The average Bonchev–Trinajstić information content (AvgIpc) is 3.31. The number of hydrogen-bond acceptors (Lipinski definition) is 4. The lowest BCUT2D eigenvalue weighted by molar-refractivity contribution is -0.137. The summed E-state index contributed by atoms with van der Waals surface area (Å²) in [7, 11) is 0. The van der Waals surface area contributed by atoms with Crippen molar-refractivity contribution in [3.8, 4) is 0 Å². The van der Waals surface area contributed by atoms with Gasteiger partial charge < -0.3 is 0 Å². The molecule has 33 heavy (non-hydrogen) atoms. The van der Waals surface area contributed by atoms with Crippen LogP contribution in [0.4, 0.5) is 28.9 Å². The number of imide groups is 1. The van der Waals surface area contributed by atoms with Gasteiger partial charge in [-0.2, -0.15) is 13.2 Å². The highest BCUT2D eigenvalue weighted by atomic mass is 19.4. The van der Waals surface area contributed by atoms with E-state index in [0.29, 0.717) is 11.3 Å². The Morgan fingerprint density at radius 3 is 2.00 bits per heavy atom. The number of halogens is 4. The molecule has 3 atom stereocenters. The second-order valence-electron chi connectivity index (χ2n) is 7.77. The number of anilines is 2. The predicted molar refractivity (Wildman–Crippen MR) is 110 cm³/mol. The van der Waals surface area contributed by atoms with E-state index >= 15 is 0 Å². The largest absolute Gasteiger partial charge is 0.416 e. The molecule has 0 spiro atoms. The van der Waals surface area contributed by atoms with Gasteiger partial charge in [-0.25, -0.2) is 14.4 Å². The number of carbonyl (C=O) groups is 2. The average molecular weight is 456 g/mol. The SMILES string of the molecule is O=C1[C@@H]2[C@@H](ON(c3ccccc3)[C@H]2c2ccc(C(F)(F)F)cc2)C(=O)N1c1ccc(F)cc1. The minimum absolute atomic E-state index is 0.196. The molecule has 0 unspecified atom stereocenters. The Labute approximate surface area is 185 Å². The van der Waals surface area contributed by atoms with Crippen molar-refractivity contribution in [1.29, 1.82) is 0 Å². The molecule has 0 bridgehead atoms. The Morgan fingerprint density at radius 1 is 0.758 bits per heavy atom. The molecule has 0 aliphatic carbocycles. The lowest BCUT2D eigenvalue weighted by Gasteiger charge is -2.29. The highest BCUT2D eigenvalue weighted by molar-refractivity contribution is 6.23. The van der Waals surface area contributed by atoms with Gasteiger partial charge in [-0.05, 0) is 54.1 Å². The van der Waals surface area contributed by atoms with Crippen LogP contribution in [0.25, 0.3) is 0 Å². The van der Waals surface area contributed by atoms with Gasteiger partial charge in [-0.3, -0.25) is 14.4 Å². The molecule has 2 amide bonds. The molecule has 3 aromatic carbocycles. The number of carbonyl (C=O) groups excluding carboxylic acids is 2. The van der Waals surface area contributed by atoms with E-state index in [2.05, 4.69) is 0 Å². The standard InChI is InChI=1S/C24H16F4N2O3/c25-16-10-12-17(13-11-16)29-22(31)19-20(14-6-8-15(9-7-14)24(26,27)28)30(33-21(19)23(29)32)18-4-2-1-3-5-18/h1-13,19-21H/t19-,20-,21+/m0/s1. The van der Waals surface area contributed by atoms with Gasteiger partial charge in [0.25, 0.3) is 5.91 Å². The molecule has 2 fully saturated rings. The second kappa shape index (κ2) is 7.70. The Bertz CT molecular complexity index is 1200. The van der Waals surface area contributed by atoms with Crippen molar-refractivity contribution in [1.82, 2.24) is 0 Å². The summed E-state index contributed by atoms with van der Waals surface area (Å²) in [6.07, 6.45) is -5.68. The topological polar surface area (TPSA) is 49.9 Å². The molecule has 5 rings (SSSR count). The van der Waals surface area contributed by atoms with E-state index in [4.69, 9.17) is 4.84 Å². The van der Waals surface area contributed by atoms with E-state index in [-0.39, 0.29) is 5.69 Å². The smallest absolute Gasteiger partial charge is 0.273 e. The summed E-state index contributed by atoms with van der Waals surface area (Å²) >= 11 is 0. The van der Waals surface area contributed by atoms with Crippen molar-refractivity contribution >= 4 is 23.2 Å². The summed E-state index contributed by atoms with van der Waals surface area (Å²) in [5.74, 6) is -2.71. The fourth-order valence-corrected chi connectivity index (χ4v) is 4.27. The van der Waals surface area contributed by atoms with Crippen LogP contribution in [0.3, 0.4) is 0 Å². The van der Waals surface area contributed by atoms with Crippen molar-refractivity contribution < 1.29 is 32.0 Å². The highest BCUT2D eigenvalue weighted by Gasteiger charge is 2.60. The Hall–Kier alpha value is -3.72. The second-order valence-corrected chi connectivity index (χ2v) is 7.77. The van der Waals surface area contributed by atoms with Crippen LogP contribution in [-0.4, -0.2) is 17.9 Å². The zero-order valence-electron chi connectivity index (χ0n) is 16.9. The van der Waals surface area contributed by atoms with Crippen LogP contribution < -0.4 is 9.96 Å². The molecular weight excluding hydrogens is 440 g/mol. The first-order chi connectivity index (χ1) is 15.8. The van der Waals surface area contributed by atoms with Crippen LogP contribution in [0.15, 0.2) is 78.9 Å². The van der Waals surface area contributed by atoms with Crippen molar-refractivity contribution in [2.75, 3.05) is 9.96 Å². The molecule has 0 N–H and O–H groups in total. The number of rotatable bonds is 3. The monoisotopic (exact) mass is 456 g/mol. The van der Waals surface area contributed by atoms with Gasteiger partial charge in [0.05, 0.1) is 23.0 Å². The van der Waals surface area contributed by atoms with E-state index in [9.17, 15) is 27.2 Å². The Kier molecular flexibility index (Phi) is 4.93. The van der Waals surface area contributed by atoms with Crippen molar-refractivity contribution in [3.05, 3.63) is 95.8 Å². The van der Waals surface area contributed by atoms with Gasteiger partial charge in [0.1, 0.15) is 11.7 Å². The molecule has 2 saturated heterocycles. The highest BCUT2D eigenvalue weighted by Crippen LogP contribution is 2.47. The quantitative estimate of drug-likeness (QED) is 0.416. The first-order valence-electron chi connectivity index (χ1n) is 10.1. The zero-order valence-corrected chi connectivity index (χ0v) is 16.9. The van der Waals surface area contributed by atoms with Crippen LogP contribution in [0, 0.1) is 11.7 Å². The van der Waals surface area contributed by atoms with Crippen LogP contribution in [0.2, 0.25) is 0 Å². The van der Waals surface area contributed by atoms with Crippen LogP contribution in [0.1, 0.15) is 17.2 Å². The van der Waals surface area contributed by atoms with Crippen molar-refractivity contribution in [2.45, 2.75) is 18.3 Å². The number of para-hydroxylation sites is 1. The van der Waals surface area contributed by atoms with Gasteiger partial charge in [0.2, 0.25) is 5.91 Å². The Balaban J connectivity index is 1.57.